The van der Waals surface area contributed by atoms with Gasteiger partial charge in [-0.25, -0.2) is 4.98 Å². The zero-order valence-electron chi connectivity index (χ0n) is 15.3. The van der Waals surface area contributed by atoms with E-state index in [4.69, 9.17) is 11.6 Å². The van der Waals surface area contributed by atoms with E-state index in [1.165, 1.54) is 0 Å². The first kappa shape index (κ1) is 18.2. The molecule has 0 unspecified atom stereocenters. The molecular formula is C22H18ClN3O2. The van der Waals surface area contributed by atoms with Crippen molar-refractivity contribution in [2.45, 2.75) is 13.3 Å². The Labute approximate surface area is 168 Å². The predicted molar refractivity (Wildman–Crippen MR) is 110 cm³/mol. The van der Waals surface area contributed by atoms with Crippen molar-refractivity contribution in [1.82, 2.24) is 4.98 Å². The van der Waals surface area contributed by atoms with Crippen LogP contribution in [-0.2, 0) is 6.42 Å². The van der Waals surface area contributed by atoms with Gasteiger partial charge in [-0.3, -0.25) is 9.59 Å². The van der Waals surface area contributed by atoms with Crippen LogP contribution >= 0.6 is 11.6 Å². The number of hydrogen-bond donors (Lipinski definition) is 1. The lowest BCUT2D eigenvalue weighted by molar-refractivity contribution is 0.0984. The van der Waals surface area contributed by atoms with Crippen LogP contribution in [0.15, 0.2) is 60.7 Å². The molecule has 28 heavy (non-hydrogen) atoms. The molecule has 1 aliphatic heterocycles. The van der Waals surface area contributed by atoms with Crippen LogP contribution in [0.2, 0.25) is 5.02 Å². The Balaban J connectivity index is 1.57. The highest BCUT2D eigenvalue weighted by molar-refractivity contribution is 6.31. The van der Waals surface area contributed by atoms with Crippen molar-refractivity contribution >= 4 is 34.8 Å². The zero-order valence-corrected chi connectivity index (χ0v) is 16.0. The van der Waals surface area contributed by atoms with Gasteiger partial charge in [0.15, 0.2) is 0 Å². The summed E-state index contributed by atoms with van der Waals surface area (Å²) in [5, 5.41) is 3.34. The molecule has 2 amide bonds. The second kappa shape index (κ2) is 7.44. The number of carbonyl (C=O) groups is 2. The maximum atomic E-state index is 13.0. The van der Waals surface area contributed by atoms with Crippen molar-refractivity contribution in [3.63, 3.8) is 0 Å². The number of carbonyl (C=O) groups excluding carboxylic acids is 2. The van der Waals surface area contributed by atoms with Crippen LogP contribution in [0.3, 0.4) is 0 Å². The van der Waals surface area contributed by atoms with Gasteiger partial charge in [0, 0.05) is 22.9 Å². The Morgan fingerprint density at radius 2 is 1.82 bits per heavy atom. The summed E-state index contributed by atoms with van der Waals surface area (Å²) in [6.07, 6.45) is 0.816. The number of fused-ring (bicyclic) bond motifs is 1. The van der Waals surface area contributed by atoms with Crippen LogP contribution in [0, 0.1) is 6.92 Å². The van der Waals surface area contributed by atoms with Gasteiger partial charge in [0.1, 0.15) is 11.4 Å². The monoisotopic (exact) mass is 391 g/mol. The van der Waals surface area contributed by atoms with Gasteiger partial charge in [-0.2, -0.15) is 0 Å². The lowest BCUT2D eigenvalue weighted by atomic mass is 10.2. The topological polar surface area (TPSA) is 62.3 Å². The molecular weight excluding hydrogens is 374 g/mol. The third-order valence-electron chi connectivity index (χ3n) is 4.78. The third kappa shape index (κ3) is 3.49. The number of hydrogen-bond acceptors (Lipinski definition) is 3. The summed E-state index contributed by atoms with van der Waals surface area (Å²) in [5.74, 6) is -0.597. The van der Waals surface area contributed by atoms with Gasteiger partial charge in [-0.05, 0) is 54.8 Å². The zero-order chi connectivity index (χ0) is 19.7. The molecule has 1 N–H and O–H groups in total. The van der Waals surface area contributed by atoms with E-state index >= 15 is 0 Å². The second-order valence-corrected chi connectivity index (χ2v) is 7.09. The molecule has 5 nitrogen and oxygen atoms in total. The average Bonchev–Trinajstić information content (AvgIpc) is 3.14. The lowest BCUT2D eigenvalue weighted by Gasteiger charge is -2.17. The van der Waals surface area contributed by atoms with E-state index in [1.54, 1.807) is 35.2 Å². The highest BCUT2D eigenvalue weighted by Crippen LogP contribution is 2.28. The molecule has 6 heteroatoms. The predicted octanol–water partition coefficient (Wildman–Crippen LogP) is 4.50. The van der Waals surface area contributed by atoms with Crippen LogP contribution in [0.1, 0.15) is 32.1 Å². The Hall–Kier alpha value is -3.18. The molecule has 0 spiro atoms. The van der Waals surface area contributed by atoms with E-state index in [-0.39, 0.29) is 23.2 Å². The van der Waals surface area contributed by atoms with Gasteiger partial charge in [0.05, 0.1) is 0 Å². The Morgan fingerprint density at radius 3 is 2.68 bits per heavy atom. The van der Waals surface area contributed by atoms with Crippen molar-refractivity contribution in [3.8, 4) is 0 Å². The van der Waals surface area contributed by atoms with Crippen LogP contribution in [-0.4, -0.2) is 23.3 Å². The van der Waals surface area contributed by atoms with Crippen molar-refractivity contribution < 1.29 is 9.59 Å². The maximum absolute atomic E-state index is 13.0. The van der Waals surface area contributed by atoms with Crippen molar-refractivity contribution in [2.75, 3.05) is 16.8 Å². The van der Waals surface area contributed by atoms with Gasteiger partial charge in [0.2, 0.25) is 0 Å². The number of rotatable bonds is 3. The minimum atomic E-state index is -0.387. The van der Waals surface area contributed by atoms with Gasteiger partial charge in [-0.1, -0.05) is 41.9 Å². The minimum Gasteiger partial charge on any atom is -0.320 e. The first-order chi connectivity index (χ1) is 13.5. The highest BCUT2D eigenvalue weighted by atomic mass is 35.5. The van der Waals surface area contributed by atoms with Gasteiger partial charge in [0.25, 0.3) is 11.8 Å². The largest absolute Gasteiger partial charge is 0.320 e. The van der Waals surface area contributed by atoms with Crippen LogP contribution < -0.4 is 10.2 Å². The smallest absolute Gasteiger partial charge is 0.276 e. The third-order valence-corrected chi connectivity index (χ3v) is 5.02. The number of para-hydroxylation sites is 1. The summed E-state index contributed by atoms with van der Waals surface area (Å²) >= 11 is 6.01. The molecule has 4 rings (SSSR count). The molecule has 1 aromatic heterocycles. The molecule has 2 aromatic carbocycles. The molecule has 140 valence electrons. The summed E-state index contributed by atoms with van der Waals surface area (Å²) in [5.41, 5.74) is 3.97. The number of nitrogens with zero attached hydrogens (tertiary/aromatic N) is 2. The van der Waals surface area contributed by atoms with E-state index in [0.29, 0.717) is 17.3 Å². The fraction of sp³-hybridized carbons (Fsp3) is 0.136. The highest BCUT2D eigenvalue weighted by Gasteiger charge is 2.26. The Morgan fingerprint density at radius 1 is 1.04 bits per heavy atom. The molecule has 0 atom stereocenters. The van der Waals surface area contributed by atoms with Crippen LogP contribution in [0.5, 0.6) is 0 Å². The number of amides is 2. The van der Waals surface area contributed by atoms with E-state index < -0.39 is 0 Å². The number of anilines is 2. The standard InChI is InChI=1S/C22H18ClN3O2/c1-14-9-10-16(23)13-19(14)25-21(27)17-6-4-7-18(24-17)22(28)26-12-11-15-5-2-3-8-20(15)26/h2-10,13H,11-12H2,1H3,(H,25,27). The molecule has 1 aliphatic rings. The van der Waals surface area contributed by atoms with Gasteiger partial charge < -0.3 is 10.2 Å². The number of halogens is 1. The molecule has 0 aliphatic carbocycles. The first-order valence-corrected chi connectivity index (χ1v) is 9.35. The number of pyridine rings is 1. The summed E-state index contributed by atoms with van der Waals surface area (Å²) in [6, 6.07) is 18.0. The van der Waals surface area contributed by atoms with Gasteiger partial charge in [-0.15, -0.1) is 0 Å². The molecule has 0 saturated carbocycles. The SMILES string of the molecule is Cc1ccc(Cl)cc1NC(=O)c1cccc(C(=O)N2CCc3ccccc32)n1. The lowest BCUT2D eigenvalue weighted by Crippen LogP contribution is -2.30. The summed E-state index contributed by atoms with van der Waals surface area (Å²) in [4.78, 5) is 31.6. The van der Waals surface area contributed by atoms with Crippen molar-refractivity contribution in [1.29, 1.82) is 0 Å². The molecule has 0 saturated heterocycles. The molecule has 2 heterocycles. The maximum Gasteiger partial charge on any atom is 0.276 e. The van der Waals surface area contributed by atoms with Crippen molar-refractivity contribution in [2.24, 2.45) is 0 Å². The Bertz CT molecular complexity index is 1080. The Kier molecular flexibility index (Phi) is 4.84. The van der Waals surface area contributed by atoms with Crippen LogP contribution in [0.4, 0.5) is 11.4 Å². The second-order valence-electron chi connectivity index (χ2n) is 6.66. The number of aromatic nitrogens is 1. The van der Waals surface area contributed by atoms with Gasteiger partial charge >= 0.3 is 0 Å². The molecule has 0 bridgehead atoms. The normalized spacial score (nSPS) is 12.6. The van der Waals surface area contributed by atoms with E-state index in [2.05, 4.69) is 10.3 Å². The summed E-state index contributed by atoms with van der Waals surface area (Å²) < 4.78 is 0. The fourth-order valence-corrected chi connectivity index (χ4v) is 3.46. The molecule has 0 fully saturated rings. The molecule has 3 aromatic rings. The summed E-state index contributed by atoms with van der Waals surface area (Å²) in [6.45, 7) is 2.49. The number of nitrogens with one attached hydrogen (secondary N) is 1. The van der Waals surface area contributed by atoms with E-state index in [9.17, 15) is 9.59 Å². The fourth-order valence-electron chi connectivity index (χ4n) is 3.28. The summed E-state index contributed by atoms with van der Waals surface area (Å²) in [7, 11) is 0. The number of benzene rings is 2. The van der Waals surface area contributed by atoms with E-state index in [0.717, 1.165) is 23.2 Å². The quantitative estimate of drug-likeness (QED) is 0.715. The van der Waals surface area contributed by atoms with E-state index in [1.807, 2.05) is 37.3 Å². The first-order valence-electron chi connectivity index (χ1n) is 8.97. The number of aryl methyl sites for hydroxylation is 1. The minimum absolute atomic E-state index is 0.178. The molecule has 0 radical (unpaired) electrons. The van der Waals surface area contributed by atoms with Crippen molar-refractivity contribution in [3.05, 3.63) is 88.2 Å². The van der Waals surface area contributed by atoms with Crippen LogP contribution in [0.25, 0.3) is 0 Å². The average molecular weight is 392 g/mol.